The first-order valence-corrected chi connectivity index (χ1v) is 8.35. The highest BCUT2D eigenvalue weighted by Gasteiger charge is 2.31. The molecule has 0 saturated heterocycles. The van der Waals surface area contributed by atoms with Crippen molar-refractivity contribution in [1.29, 1.82) is 0 Å². The third-order valence-corrected chi connectivity index (χ3v) is 4.49. The van der Waals surface area contributed by atoms with Crippen LogP contribution in [-0.2, 0) is 25.7 Å². The molecule has 0 bridgehead atoms. The highest BCUT2D eigenvalue weighted by atomic mass is 19.4. The van der Waals surface area contributed by atoms with Crippen molar-refractivity contribution in [2.24, 2.45) is 0 Å². The SMILES string of the molecule is CC(C)c1nc2c(c(=O)[nH]1)CCN(Cc1ccc(C(F)(F)F)cc1F)C2. The molecule has 2 aromatic rings. The van der Waals surface area contributed by atoms with E-state index in [2.05, 4.69) is 9.97 Å². The lowest BCUT2D eigenvalue weighted by molar-refractivity contribution is -0.137. The predicted octanol–water partition coefficient (Wildman–Crippen LogP) is 3.61. The van der Waals surface area contributed by atoms with Crippen LogP contribution in [0.4, 0.5) is 17.6 Å². The minimum Gasteiger partial charge on any atom is -0.310 e. The van der Waals surface area contributed by atoms with Crippen molar-refractivity contribution in [2.45, 2.75) is 45.5 Å². The zero-order valence-electron chi connectivity index (χ0n) is 14.5. The smallest absolute Gasteiger partial charge is 0.310 e. The number of nitrogens with one attached hydrogen (secondary N) is 1. The molecule has 0 aliphatic carbocycles. The molecule has 0 amide bonds. The fourth-order valence-electron chi connectivity index (χ4n) is 3.01. The molecule has 0 unspecified atom stereocenters. The van der Waals surface area contributed by atoms with Gasteiger partial charge in [0, 0.05) is 36.7 Å². The molecule has 1 aromatic carbocycles. The summed E-state index contributed by atoms with van der Waals surface area (Å²) in [7, 11) is 0. The molecule has 3 rings (SSSR count). The van der Waals surface area contributed by atoms with Crippen LogP contribution in [0.25, 0.3) is 0 Å². The van der Waals surface area contributed by atoms with Gasteiger partial charge in [0.2, 0.25) is 0 Å². The predicted molar refractivity (Wildman–Crippen MR) is 88.2 cm³/mol. The van der Waals surface area contributed by atoms with Crippen molar-refractivity contribution >= 4 is 0 Å². The first-order valence-electron chi connectivity index (χ1n) is 8.35. The van der Waals surface area contributed by atoms with Gasteiger partial charge in [0.1, 0.15) is 11.6 Å². The Morgan fingerprint density at radius 2 is 2.04 bits per heavy atom. The molecular formula is C18H19F4N3O. The lowest BCUT2D eigenvalue weighted by Gasteiger charge is -2.28. The average Bonchev–Trinajstić information content (AvgIpc) is 2.55. The van der Waals surface area contributed by atoms with E-state index in [1.165, 1.54) is 6.07 Å². The topological polar surface area (TPSA) is 49.0 Å². The second-order valence-corrected chi connectivity index (χ2v) is 6.80. The summed E-state index contributed by atoms with van der Waals surface area (Å²) in [5, 5.41) is 0. The summed E-state index contributed by atoms with van der Waals surface area (Å²) in [4.78, 5) is 21.3. The van der Waals surface area contributed by atoms with Gasteiger partial charge in [-0.2, -0.15) is 13.2 Å². The van der Waals surface area contributed by atoms with E-state index in [9.17, 15) is 22.4 Å². The molecule has 1 N–H and O–H groups in total. The summed E-state index contributed by atoms with van der Waals surface area (Å²) < 4.78 is 52.0. The Hall–Kier alpha value is -2.22. The highest BCUT2D eigenvalue weighted by Crippen LogP contribution is 2.30. The zero-order chi connectivity index (χ0) is 19.1. The van der Waals surface area contributed by atoms with E-state index in [1.54, 1.807) is 0 Å². The molecule has 1 aliphatic rings. The number of hydrogen-bond donors (Lipinski definition) is 1. The molecule has 4 nitrogen and oxygen atoms in total. The highest BCUT2D eigenvalue weighted by molar-refractivity contribution is 5.27. The maximum Gasteiger partial charge on any atom is 0.416 e. The van der Waals surface area contributed by atoms with Crippen molar-refractivity contribution < 1.29 is 17.6 Å². The summed E-state index contributed by atoms with van der Waals surface area (Å²) in [6, 6.07) is 2.57. The number of aromatic amines is 1. The van der Waals surface area contributed by atoms with Crippen LogP contribution in [0, 0.1) is 5.82 Å². The first kappa shape index (κ1) is 18.6. The largest absolute Gasteiger partial charge is 0.416 e. The minimum absolute atomic E-state index is 0.0655. The summed E-state index contributed by atoms with van der Waals surface area (Å²) in [5.74, 6) is -0.223. The lowest BCUT2D eigenvalue weighted by atomic mass is 10.0. The van der Waals surface area contributed by atoms with Crippen molar-refractivity contribution in [1.82, 2.24) is 14.9 Å². The number of alkyl halides is 3. The molecule has 8 heteroatoms. The Kier molecular flexibility index (Phi) is 4.88. The Bertz CT molecular complexity index is 874. The van der Waals surface area contributed by atoms with Crippen LogP contribution in [0.15, 0.2) is 23.0 Å². The van der Waals surface area contributed by atoms with Crippen LogP contribution in [0.2, 0.25) is 0 Å². The number of halogens is 4. The molecule has 1 aromatic heterocycles. The van der Waals surface area contributed by atoms with E-state index in [0.717, 1.165) is 6.07 Å². The number of benzene rings is 1. The van der Waals surface area contributed by atoms with Gasteiger partial charge in [0.05, 0.1) is 11.3 Å². The van der Waals surface area contributed by atoms with Gasteiger partial charge in [0.25, 0.3) is 5.56 Å². The van der Waals surface area contributed by atoms with Crippen LogP contribution < -0.4 is 5.56 Å². The van der Waals surface area contributed by atoms with Gasteiger partial charge in [-0.25, -0.2) is 9.37 Å². The Labute approximate surface area is 147 Å². The number of fused-ring (bicyclic) bond motifs is 1. The fourth-order valence-corrected chi connectivity index (χ4v) is 3.01. The molecule has 0 atom stereocenters. The number of nitrogens with zero attached hydrogens (tertiary/aromatic N) is 2. The van der Waals surface area contributed by atoms with Crippen LogP contribution in [-0.4, -0.2) is 21.4 Å². The number of aromatic nitrogens is 2. The molecule has 140 valence electrons. The van der Waals surface area contributed by atoms with Gasteiger partial charge in [-0.05, 0) is 18.6 Å². The van der Waals surface area contributed by atoms with E-state index >= 15 is 0 Å². The van der Waals surface area contributed by atoms with Gasteiger partial charge in [-0.3, -0.25) is 9.69 Å². The number of hydrogen-bond acceptors (Lipinski definition) is 3. The maximum atomic E-state index is 14.1. The molecule has 26 heavy (non-hydrogen) atoms. The van der Waals surface area contributed by atoms with Crippen molar-refractivity contribution in [3.63, 3.8) is 0 Å². The summed E-state index contributed by atoms with van der Waals surface area (Å²) in [6.45, 7) is 4.87. The van der Waals surface area contributed by atoms with E-state index in [1.807, 2.05) is 18.7 Å². The summed E-state index contributed by atoms with van der Waals surface area (Å²) in [6.07, 6.45) is -4.10. The third kappa shape index (κ3) is 3.80. The van der Waals surface area contributed by atoms with E-state index in [-0.39, 0.29) is 23.6 Å². The third-order valence-electron chi connectivity index (χ3n) is 4.49. The normalized spacial score (nSPS) is 15.3. The molecular weight excluding hydrogens is 350 g/mol. The fraction of sp³-hybridized carbons (Fsp3) is 0.444. The van der Waals surface area contributed by atoms with Crippen molar-refractivity contribution in [3.05, 3.63) is 62.6 Å². The van der Waals surface area contributed by atoms with Crippen molar-refractivity contribution in [2.75, 3.05) is 6.54 Å². The molecule has 0 radical (unpaired) electrons. The first-order chi connectivity index (χ1) is 12.1. The monoisotopic (exact) mass is 369 g/mol. The minimum atomic E-state index is -4.57. The second-order valence-electron chi connectivity index (χ2n) is 6.80. The molecule has 1 aliphatic heterocycles. The zero-order valence-corrected chi connectivity index (χ0v) is 14.5. The average molecular weight is 369 g/mol. The maximum absolute atomic E-state index is 14.1. The number of rotatable bonds is 3. The molecule has 0 fully saturated rings. The Morgan fingerprint density at radius 3 is 2.65 bits per heavy atom. The van der Waals surface area contributed by atoms with Gasteiger partial charge in [0.15, 0.2) is 0 Å². The quantitative estimate of drug-likeness (QED) is 0.841. The molecule has 0 saturated carbocycles. The molecule has 2 heterocycles. The lowest BCUT2D eigenvalue weighted by Crippen LogP contribution is -2.35. The second kappa shape index (κ2) is 6.83. The van der Waals surface area contributed by atoms with Gasteiger partial charge < -0.3 is 4.98 Å². The standard InChI is InChI=1S/C18H19F4N3O/c1-10(2)16-23-15-9-25(6-5-13(15)17(26)24-16)8-11-3-4-12(7-14(11)19)18(20,21)22/h3-4,7,10H,5-6,8-9H2,1-2H3,(H,23,24,26). The van der Waals surface area contributed by atoms with Crippen LogP contribution >= 0.6 is 0 Å². The van der Waals surface area contributed by atoms with Gasteiger partial charge in [-0.1, -0.05) is 19.9 Å². The van der Waals surface area contributed by atoms with Crippen molar-refractivity contribution in [3.8, 4) is 0 Å². The van der Waals surface area contributed by atoms with Gasteiger partial charge in [-0.15, -0.1) is 0 Å². The summed E-state index contributed by atoms with van der Waals surface area (Å²) in [5.41, 5.74) is 0.307. The van der Waals surface area contributed by atoms with Crippen LogP contribution in [0.3, 0.4) is 0 Å². The van der Waals surface area contributed by atoms with E-state index < -0.39 is 17.6 Å². The van der Waals surface area contributed by atoms with E-state index in [4.69, 9.17) is 0 Å². The van der Waals surface area contributed by atoms with E-state index in [0.29, 0.717) is 42.7 Å². The van der Waals surface area contributed by atoms with Crippen LogP contribution in [0.1, 0.15) is 48.0 Å². The summed E-state index contributed by atoms with van der Waals surface area (Å²) >= 11 is 0. The van der Waals surface area contributed by atoms with Crippen LogP contribution in [0.5, 0.6) is 0 Å². The Balaban J connectivity index is 1.81. The number of H-pyrrole nitrogens is 1. The molecule has 0 spiro atoms. The Morgan fingerprint density at radius 1 is 1.31 bits per heavy atom. The van der Waals surface area contributed by atoms with Gasteiger partial charge >= 0.3 is 6.18 Å².